The number of unbranched alkanes of at least 4 members (excludes halogenated alkanes) is 2. The van der Waals surface area contributed by atoms with Gasteiger partial charge in [-0.2, -0.15) is 0 Å². The zero-order valence-electron chi connectivity index (χ0n) is 11.4. The highest BCUT2D eigenvalue weighted by molar-refractivity contribution is 5.63. The van der Waals surface area contributed by atoms with E-state index in [1.165, 1.54) is 11.6 Å². The van der Waals surface area contributed by atoms with Crippen LogP contribution in [0.25, 0.3) is 11.1 Å². The van der Waals surface area contributed by atoms with Crippen molar-refractivity contribution in [2.45, 2.75) is 25.7 Å². The van der Waals surface area contributed by atoms with Crippen molar-refractivity contribution < 1.29 is 8.78 Å². The monoisotopic (exact) mass is 272 g/mol. The minimum Gasteiger partial charge on any atom is -0.204 e. The van der Waals surface area contributed by atoms with Gasteiger partial charge in [-0.05, 0) is 54.5 Å². The first-order chi connectivity index (χ1) is 9.70. The normalized spacial score (nSPS) is 10.5. The second-order valence-electron chi connectivity index (χ2n) is 4.86. The number of hydrogen-bond donors (Lipinski definition) is 0. The van der Waals surface area contributed by atoms with Crippen molar-refractivity contribution in [2.75, 3.05) is 0 Å². The second-order valence-corrected chi connectivity index (χ2v) is 4.86. The Kier molecular flexibility index (Phi) is 5.05. The molecule has 0 heterocycles. The Balaban J connectivity index is 2.03. The van der Waals surface area contributed by atoms with Crippen molar-refractivity contribution in [3.8, 4) is 11.1 Å². The average Bonchev–Trinajstić information content (AvgIpc) is 2.47. The smallest absolute Gasteiger partial charge is 0.159 e. The van der Waals surface area contributed by atoms with E-state index in [0.29, 0.717) is 5.56 Å². The Morgan fingerprint density at radius 2 is 1.55 bits per heavy atom. The molecule has 0 aromatic heterocycles. The molecule has 20 heavy (non-hydrogen) atoms. The summed E-state index contributed by atoms with van der Waals surface area (Å²) >= 11 is 0. The number of hydrogen-bond acceptors (Lipinski definition) is 0. The van der Waals surface area contributed by atoms with Gasteiger partial charge in [0.1, 0.15) is 0 Å². The van der Waals surface area contributed by atoms with E-state index in [4.69, 9.17) is 0 Å². The fourth-order valence-electron chi connectivity index (χ4n) is 2.16. The summed E-state index contributed by atoms with van der Waals surface area (Å²) in [5.74, 6) is -1.62. The van der Waals surface area contributed by atoms with E-state index >= 15 is 0 Å². The van der Waals surface area contributed by atoms with Gasteiger partial charge >= 0.3 is 0 Å². The minimum atomic E-state index is -0.812. The molecular formula is C18H18F2. The molecule has 2 heteroatoms. The highest BCUT2D eigenvalue weighted by Crippen LogP contribution is 2.22. The number of halogens is 2. The third-order valence-corrected chi connectivity index (χ3v) is 3.33. The van der Waals surface area contributed by atoms with Crippen LogP contribution in [0.1, 0.15) is 24.8 Å². The summed E-state index contributed by atoms with van der Waals surface area (Å²) in [5, 5.41) is 0. The average molecular weight is 272 g/mol. The molecule has 0 atom stereocenters. The molecule has 0 amide bonds. The lowest BCUT2D eigenvalue weighted by atomic mass is 10.0. The molecule has 2 aromatic rings. The summed E-state index contributed by atoms with van der Waals surface area (Å²) in [4.78, 5) is 0. The van der Waals surface area contributed by atoms with E-state index in [-0.39, 0.29) is 0 Å². The molecule has 0 aliphatic heterocycles. The van der Waals surface area contributed by atoms with Crippen molar-refractivity contribution in [3.05, 3.63) is 72.3 Å². The van der Waals surface area contributed by atoms with Crippen molar-refractivity contribution in [2.24, 2.45) is 0 Å². The van der Waals surface area contributed by atoms with Crippen LogP contribution < -0.4 is 0 Å². The maximum absolute atomic E-state index is 13.2. The Bertz CT molecular complexity index is 570. The molecule has 0 saturated heterocycles. The topological polar surface area (TPSA) is 0 Å². The predicted octanol–water partition coefficient (Wildman–Crippen LogP) is 5.53. The largest absolute Gasteiger partial charge is 0.204 e. The van der Waals surface area contributed by atoms with Crippen LogP contribution in [-0.4, -0.2) is 0 Å². The highest BCUT2D eigenvalue weighted by atomic mass is 19.2. The molecule has 0 spiro atoms. The third-order valence-electron chi connectivity index (χ3n) is 3.33. The Hall–Kier alpha value is -1.96. The summed E-state index contributed by atoms with van der Waals surface area (Å²) in [5.41, 5.74) is 2.86. The van der Waals surface area contributed by atoms with E-state index in [2.05, 4.69) is 6.58 Å². The van der Waals surface area contributed by atoms with Gasteiger partial charge < -0.3 is 0 Å². The molecular weight excluding hydrogens is 254 g/mol. The molecule has 0 aliphatic carbocycles. The lowest BCUT2D eigenvalue weighted by Crippen LogP contribution is -1.88. The molecule has 0 radical (unpaired) electrons. The van der Waals surface area contributed by atoms with Crippen LogP contribution in [0.3, 0.4) is 0 Å². The third kappa shape index (κ3) is 3.77. The van der Waals surface area contributed by atoms with Crippen molar-refractivity contribution in [3.63, 3.8) is 0 Å². The molecule has 104 valence electrons. The van der Waals surface area contributed by atoms with Gasteiger partial charge in [0, 0.05) is 0 Å². The first-order valence-corrected chi connectivity index (χ1v) is 6.86. The number of rotatable bonds is 6. The van der Waals surface area contributed by atoms with Crippen molar-refractivity contribution in [1.29, 1.82) is 0 Å². The standard InChI is InChI=1S/C18H18F2/c1-2-3-4-5-6-14-7-9-15(10-8-14)16-11-12-17(19)18(20)13-16/h2,7-13H,1,3-6H2. The first kappa shape index (κ1) is 14.4. The van der Waals surface area contributed by atoms with Gasteiger partial charge in [0.15, 0.2) is 11.6 Å². The summed E-state index contributed by atoms with van der Waals surface area (Å²) in [6.07, 6.45) is 6.30. The number of allylic oxidation sites excluding steroid dienone is 1. The molecule has 0 saturated carbocycles. The van der Waals surface area contributed by atoms with Gasteiger partial charge in [-0.15, -0.1) is 6.58 Å². The zero-order valence-corrected chi connectivity index (χ0v) is 11.4. The number of aryl methyl sites for hydroxylation is 1. The molecule has 2 rings (SSSR count). The van der Waals surface area contributed by atoms with Gasteiger partial charge in [0.25, 0.3) is 0 Å². The Morgan fingerprint density at radius 1 is 0.850 bits per heavy atom. The van der Waals surface area contributed by atoms with Gasteiger partial charge in [-0.3, -0.25) is 0 Å². The van der Waals surface area contributed by atoms with Gasteiger partial charge in [0.05, 0.1) is 0 Å². The van der Waals surface area contributed by atoms with Gasteiger partial charge in [-0.25, -0.2) is 8.78 Å². The van der Waals surface area contributed by atoms with Crippen LogP contribution in [0, 0.1) is 11.6 Å². The maximum atomic E-state index is 13.2. The van der Waals surface area contributed by atoms with E-state index in [1.54, 1.807) is 6.07 Å². The molecule has 0 bridgehead atoms. The predicted molar refractivity (Wildman–Crippen MR) is 79.5 cm³/mol. The lowest BCUT2D eigenvalue weighted by molar-refractivity contribution is 0.509. The van der Waals surface area contributed by atoms with Crippen LogP contribution in [0.15, 0.2) is 55.1 Å². The second kappa shape index (κ2) is 6.99. The molecule has 0 nitrogen and oxygen atoms in total. The van der Waals surface area contributed by atoms with Crippen molar-refractivity contribution in [1.82, 2.24) is 0 Å². The summed E-state index contributed by atoms with van der Waals surface area (Å²) in [6, 6.07) is 12.0. The SMILES string of the molecule is C=CCCCCc1ccc(-c2ccc(F)c(F)c2)cc1. The van der Waals surface area contributed by atoms with Crippen LogP contribution in [0.4, 0.5) is 8.78 Å². The molecule has 0 aliphatic rings. The van der Waals surface area contributed by atoms with Crippen LogP contribution in [-0.2, 0) is 6.42 Å². The lowest BCUT2D eigenvalue weighted by Gasteiger charge is -2.05. The fraction of sp³-hybridized carbons (Fsp3) is 0.222. The van der Waals surface area contributed by atoms with E-state index in [1.807, 2.05) is 30.3 Å². The maximum Gasteiger partial charge on any atom is 0.159 e. The van der Waals surface area contributed by atoms with E-state index in [0.717, 1.165) is 37.3 Å². The summed E-state index contributed by atoms with van der Waals surface area (Å²) < 4.78 is 26.1. The molecule has 0 N–H and O–H groups in total. The van der Waals surface area contributed by atoms with Crippen LogP contribution in [0.2, 0.25) is 0 Å². The van der Waals surface area contributed by atoms with Gasteiger partial charge in [0.2, 0.25) is 0 Å². The number of benzene rings is 2. The summed E-state index contributed by atoms with van der Waals surface area (Å²) in [7, 11) is 0. The van der Waals surface area contributed by atoms with E-state index < -0.39 is 11.6 Å². The quantitative estimate of drug-likeness (QED) is 0.479. The fourth-order valence-corrected chi connectivity index (χ4v) is 2.16. The Morgan fingerprint density at radius 3 is 2.20 bits per heavy atom. The minimum absolute atomic E-state index is 0.696. The Labute approximate surface area is 118 Å². The molecule has 2 aromatic carbocycles. The van der Waals surface area contributed by atoms with Crippen LogP contribution in [0.5, 0.6) is 0 Å². The van der Waals surface area contributed by atoms with E-state index in [9.17, 15) is 8.78 Å². The van der Waals surface area contributed by atoms with Crippen molar-refractivity contribution >= 4 is 0 Å². The van der Waals surface area contributed by atoms with Gasteiger partial charge in [-0.1, -0.05) is 36.4 Å². The highest BCUT2D eigenvalue weighted by Gasteiger charge is 2.04. The molecule has 0 fully saturated rings. The van der Waals surface area contributed by atoms with Crippen LogP contribution >= 0.6 is 0 Å². The molecule has 0 unspecified atom stereocenters. The summed E-state index contributed by atoms with van der Waals surface area (Å²) in [6.45, 7) is 3.71. The zero-order chi connectivity index (χ0) is 14.4. The first-order valence-electron chi connectivity index (χ1n) is 6.86.